The molecular formula is C12H14N4O4. The zero-order chi connectivity index (χ0) is 15.1. The van der Waals surface area contributed by atoms with Crippen LogP contribution in [0.1, 0.15) is 31.7 Å². The molecular weight excluding hydrogens is 264 g/mol. The smallest absolute Gasteiger partial charge is 0.328 e. The second-order valence-electron chi connectivity index (χ2n) is 4.26. The van der Waals surface area contributed by atoms with Crippen LogP contribution in [-0.2, 0) is 4.79 Å². The van der Waals surface area contributed by atoms with Crippen LogP contribution >= 0.6 is 0 Å². The Bertz CT molecular complexity index is 553. The summed E-state index contributed by atoms with van der Waals surface area (Å²) in [5, 5.41) is 31.2. The third-order valence-corrected chi connectivity index (χ3v) is 2.64. The van der Waals surface area contributed by atoms with Crippen molar-refractivity contribution in [2.75, 3.05) is 5.32 Å². The van der Waals surface area contributed by atoms with Gasteiger partial charge in [-0.05, 0) is 25.8 Å². The number of carboxylic acids is 1. The molecule has 20 heavy (non-hydrogen) atoms. The lowest BCUT2D eigenvalue weighted by Gasteiger charge is -2.14. The summed E-state index contributed by atoms with van der Waals surface area (Å²) in [7, 11) is 0. The van der Waals surface area contributed by atoms with E-state index < -0.39 is 10.9 Å². The molecule has 0 radical (unpaired) electrons. The minimum absolute atomic E-state index is 0.0249. The summed E-state index contributed by atoms with van der Waals surface area (Å²) in [5.41, 5.74) is -0.426. The van der Waals surface area contributed by atoms with Crippen LogP contribution in [0.3, 0.4) is 0 Å². The Labute approximate surface area is 115 Å². The molecule has 0 aliphatic carbocycles. The summed E-state index contributed by atoms with van der Waals surface area (Å²) in [6.45, 7) is 1.77. The maximum absolute atomic E-state index is 11.0. The highest BCUT2D eigenvalue weighted by Gasteiger charge is 2.22. The Morgan fingerprint density at radius 3 is 2.95 bits per heavy atom. The number of pyridine rings is 1. The van der Waals surface area contributed by atoms with E-state index in [4.69, 9.17) is 10.4 Å². The Morgan fingerprint density at radius 2 is 2.40 bits per heavy atom. The first-order valence-corrected chi connectivity index (χ1v) is 5.97. The summed E-state index contributed by atoms with van der Waals surface area (Å²) in [6, 6.07) is 2.84. The van der Waals surface area contributed by atoms with Gasteiger partial charge in [-0.2, -0.15) is 5.26 Å². The average molecular weight is 278 g/mol. The monoisotopic (exact) mass is 278 g/mol. The van der Waals surface area contributed by atoms with Crippen LogP contribution in [0.25, 0.3) is 0 Å². The Hall–Kier alpha value is -2.69. The SMILES string of the molecule is CC(CCCC(=O)O)Nc1nccc(C#N)c1[N+](=O)[O-]. The van der Waals surface area contributed by atoms with Gasteiger partial charge in [0.1, 0.15) is 11.6 Å². The maximum atomic E-state index is 11.0. The zero-order valence-corrected chi connectivity index (χ0v) is 10.9. The van der Waals surface area contributed by atoms with E-state index in [9.17, 15) is 14.9 Å². The molecule has 0 fully saturated rings. The van der Waals surface area contributed by atoms with Crippen molar-refractivity contribution in [2.24, 2.45) is 0 Å². The highest BCUT2D eigenvalue weighted by Crippen LogP contribution is 2.26. The van der Waals surface area contributed by atoms with Gasteiger partial charge in [-0.15, -0.1) is 0 Å². The number of nitriles is 1. The van der Waals surface area contributed by atoms with Crippen LogP contribution < -0.4 is 5.32 Å². The molecule has 2 N–H and O–H groups in total. The molecule has 8 nitrogen and oxygen atoms in total. The molecule has 1 atom stereocenters. The second-order valence-corrected chi connectivity index (χ2v) is 4.26. The number of hydrogen-bond donors (Lipinski definition) is 2. The van der Waals surface area contributed by atoms with Crippen molar-refractivity contribution in [3.05, 3.63) is 27.9 Å². The molecule has 0 bridgehead atoms. The van der Waals surface area contributed by atoms with Gasteiger partial charge in [0.2, 0.25) is 5.82 Å². The standard InChI is InChI=1S/C12H14N4O4/c1-8(3-2-4-10(17)18)15-12-11(16(19)20)9(7-13)5-6-14-12/h5-6,8H,2-4H2,1H3,(H,14,15)(H,17,18). The van der Waals surface area contributed by atoms with E-state index in [1.54, 1.807) is 13.0 Å². The Kier molecular flexibility index (Phi) is 5.41. The number of nitrogens with one attached hydrogen (secondary N) is 1. The summed E-state index contributed by atoms with van der Waals surface area (Å²) in [4.78, 5) is 24.6. The van der Waals surface area contributed by atoms with Gasteiger partial charge in [-0.25, -0.2) is 4.98 Å². The molecule has 1 aromatic heterocycles. The topological polar surface area (TPSA) is 129 Å². The average Bonchev–Trinajstić information content (AvgIpc) is 2.37. The van der Waals surface area contributed by atoms with Gasteiger partial charge in [0, 0.05) is 18.7 Å². The number of carboxylic acid groups (broad SMARTS) is 1. The van der Waals surface area contributed by atoms with Gasteiger partial charge in [0.25, 0.3) is 0 Å². The lowest BCUT2D eigenvalue weighted by molar-refractivity contribution is -0.384. The van der Waals surface area contributed by atoms with Crippen LogP contribution in [0, 0.1) is 21.4 Å². The van der Waals surface area contributed by atoms with Gasteiger partial charge < -0.3 is 10.4 Å². The lowest BCUT2D eigenvalue weighted by atomic mass is 10.1. The number of rotatable bonds is 7. The predicted octanol–water partition coefficient (Wildman–Crippen LogP) is 1.92. The van der Waals surface area contributed by atoms with Crippen molar-refractivity contribution in [1.82, 2.24) is 4.98 Å². The first kappa shape index (κ1) is 15.4. The molecule has 1 aromatic rings. The number of anilines is 1. The Balaban J connectivity index is 2.79. The summed E-state index contributed by atoms with van der Waals surface area (Å²) >= 11 is 0. The van der Waals surface area contributed by atoms with Gasteiger partial charge in [-0.3, -0.25) is 14.9 Å². The molecule has 8 heteroatoms. The van der Waals surface area contributed by atoms with Crippen LogP contribution in [0.5, 0.6) is 0 Å². The van der Waals surface area contributed by atoms with Crippen molar-refractivity contribution in [3.8, 4) is 6.07 Å². The highest BCUT2D eigenvalue weighted by molar-refractivity contribution is 5.66. The number of aromatic nitrogens is 1. The van der Waals surface area contributed by atoms with E-state index in [0.29, 0.717) is 12.8 Å². The molecule has 0 aliphatic rings. The fourth-order valence-corrected chi connectivity index (χ4v) is 1.70. The minimum Gasteiger partial charge on any atom is -0.481 e. The number of nitro groups is 1. The number of carbonyl (C=O) groups is 1. The fraction of sp³-hybridized carbons (Fsp3) is 0.417. The molecule has 1 heterocycles. The largest absolute Gasteiger partial charge is 0.481 e. The second kappa shape index (κ2) is 7.04. The van der Waals surface area contributed by atoms with Crippen molar-refractivity contribution >= 4 is 17.5 Å². The molecule has 0 aromatic carbocycles. The van der Waals surface area contributed by atoms with E-state index in [-0.39, 0.29) is 29.5 Å². The first-order chi connectivity index (χ1) is 9.45. The number of aliphatic carboxylic acids is 1. The zero-order valence-electron chi connectivity index (χ0n) is 10.9. The van der Waals surface area contributed by atoms with Crippen molar-refractivity contribution in [2.45, 2.75) is 32.2 Å². The van der Waals surface area contributed by atoms with Crippen LogP contribution in [0.4, 0.5) is 11.5 Å². The quantitative estimate of drug-likeness (QED) is 0.575. The molecule has 106 valence electrons. The maximum Gasteiger partial charge on any atom is 0.328 e. The summed E-state index contributed by atoms with van der Waals surface area (Å²) in [6.07, 6.45) is 2.34. The van der Waals surface area contributed by atoms with Crippen LogP contribution in [0.15, 0.2) is 12.3 Å². The van der Waals surface area contributed by atoms with E-state index in [2.05, 4.69) is 10.3 Å². The Morgan fingerprint density at radius 1 is 1.70 bits per heavy atom. The van der Waals surface area contributed by atoms with Crippen LogP contribution in [0.2, 0.25) is 0 Å². The molecule has 0 saturated heterocycles. The van der Waals surface area contributed by atoms with Gasteiger partial charge in [0.05, 0.1) is 4.92 Å². The lowest BCUT2D eigenvalue weighted by Crippen LogP contribution is -2.17. The third kappa shape index (κ3) is 4.20. The number of nitrogens with zero attached hydrogens (tertiary/aromatic N) is 3. The molecule has 1 rings (SSSR count). The van der Waals surface area contributed by atoms with Crippen molar-refractivity contribution in [3.63, 3.8) is 0 Å². The minimum atomic E-state index is -0.882. The van der Waals surface area contributed by atoms with Gasteiger partial charge in [-0.1, -0.05) is 0 Å². The molecule has 0 saturated carbocycles. The third-order valence-electron chi connectivity index (χ3n) is 2.64. The van der Waals surface area contributed by atoms with E-state index >= 15 is 0 Å². The predicted molar refractivity (Wildman–Crippen MR) is 70.2 cm³/mol. The van der Waals surface area contributed by atoms with E-state index in [0.717, 1.165) is 0 Å². The van der Waals surface area contributed by atoms with E-state index in [1.165, 1.54) is 12.3 Å². The van der Waals surface area contributed by atoms with Crippen LogP contribution in [-0.4, -0.2) is 27.0 Å². The summed E-state index contributed by atoms with van der Waals surface area (Å²) < 4.78 is 0. The fourth-order valence-electron chi connectivity index (χ4n) is 1.70. The first-order valence-electron chi connectivity index (χ1n) is 5.97. The normalized spacial score (nSPS) is 11.4. The molecule has 0 spiro atoms. The molecule has 0 aliphatic heterocycles. The molecule has 0 amide bonds. The van der Waals surface area contributed by atoms with Gasteiger partial charge in [0.15, 0.2) is 0 Å². The molecule has 1 unspecified atom stereocenters. The van der Waals surface area contributed by atoms with Crippen molar-refractivity contribution < 1.29 is 14.8 Å². The van der Waals surface area contributed by atoms with Gasteiger partial charge >= 0.3 is 11.7 Å². The van der Waals surface area contributed by atoms with E-state index in [1.807, 2.05) is 0 Å². The van der Waals surface area contributed by atoms with Crippen molar-refractivity contribution in [1.29, 1.82) is 5.26 Å². The summed E-state index contributed by atoms with van der Waals surface area (Å²) in [5.74, 6) is -0.857. The number of hydrogen-bond acceptors (Lipinski definition) is 6. The highest BCUT2D eigenvalue weighted by atomic mass is 16.6.